The first-order valence-corrected chi connectivity index (χ1v) is 9.13. The third-order valence-electron chi connectivity index (χ3n) is 4.34. The summed E-state index contributed by atoms with van der Waals surface area (Å²) >= 11 is 0. The van der Waals surface area contributed by atoms with Crippen LogP contribution in [0.4, 0.5) is 23.1 Å². The maximum absolute atomic E-state index is 11.2. The van der Waals surface area contributed by atoms with Gasteiger partial charge in [-0.25, -0.2) is 4.98 Å². The van der Waals surface area contributed by atoms with Crippen molar-refractivity contribution in [1.29, 1.82) is 0 Å². The number of anilines is 3. The van der Waals surface area contributed by atoms with E-state index in [0.717, 1.165) is 24.1 Å². The van der Waals surface area contributed by atoms with E-state index in [-0.39, 0.29) is 30.1 Å². The van der Waals surface area contributed by atoms with Crippen LogP contribution in [-0.4, -0.2) is 26.0 Å². The Labute approximate surface area is 166 Å². The summed E-state index contributed by atoms with van der Waals surface area (Å²) in [5.41, 5.74) is 1.40. The molecule has 3 aromatic rings. The second-order valence-electron chi connectivity index (χ2n) is 6.66. The van der Waals surface area contributed by atoms with Crippen LogP contribution in [0.3, 0.4) is 0 Å². The highest BCUT2D eigenvalue weighted by Crippen LogP contribution is 2.30. The number of rotatable bonds is 8. The van der Waals surface area contributed by atoms with Crippen molar-refractivity contribution in [2.24, 2.45) is 0 Å². The van der Waals surface area contributed by atoms with Gasteiger partial charge < -0.3 is 20.5 Å². The first-order valence-electron chi connectivity index (χ1n) is 9.13. The molecule has 0 atom stereocenters. The number of ether oxygens (including phenoxy) is 1. The second-order valence-corrected chi connectivity index (χ2v) is 6.66. The molecule has 3 N–H and O–H groups in total. The number of aromatic nitrogens is 2. The minimum atomic E-state index is -0.492. The zero-order valence-corrected chi connectivity index (χ0v) is 15.4. The fraction of sp³-hybridized carbons (Fsp3) is 0.200. The van der Waals surface area contributed by atoms with Crippen molar-refractivity contribution in [3.63, 3.8) is 0 Å². The van der Waals surface area contributed by atoms with Gasteiger partial charge in [-0.05, 0) is 54.8 Å². The average Bonchev–Trinajstić information content (AvgIpc) is 3.54. The minimum absolute atomic E-state index is 0.0107. The van der Waals surface area contributed by atoms with E-state index in [1.807, 2.05) is 0 Å². The van der Waals surface area contributed by atoms with E-state index < -0.39 is 4.92 Å². The largest absolute Gasteiger partial charge is 0.457 e. The number of nitro groups is 1. The summed E-state index contributed by atoms with van der Waals surface area (Å²) in [6.07, 6.45) is 3.16. The molecule has 9 heteroatoms. The van der Waals surface area contributed by atoms with Crippen molar-refractivity contribution in [3.8, 4) is 11.5 Å². The molecule has 0 unspecified atom stereocenters. The molecule has 1 aromatic heterocycles. The van der Waals surface area contributed by atoms with Gasteiger partial charge in [0.05, 0.1) is 11.5 Å². The molecule has 0 amide bonds. The normalized spacial score (nSPS) is 13.0. The van der Waals surface area contributed by atoms with Gasteiger partial charge in [-0.1, -0.05) is 12.1 Å². The maximum Gasteiger partial charge on any atom is 0.329 e. The number of hydrogen-bond acceptors (Lipinski definition) is 8. The lowest BCUT2D eigenvalue weighted by Crippen LogP contribution is -2.09. The van der Waals surface area contributed by atoms with Crippen LogP contribution in [0.2, 0.25) is 0 Å². The molecule has 1 aliphatic carbocycles. The monoisotopic (exact) mass is 393 g/mol. The number of aliphatic hydroxyl groups is 1. The van der Waals surface area contributed by atoms with Crippen LogP contribution in [-0.2, 0) is 6.61 Å². The molecule has 1 aliphatic rings. The van der Waals surface area contributed by atoms with Crippen LogP contribution < -0.4 is 15.4 Å². The van der Waals surface area contributed by atoms with Gasteiger partial charge in [-0.15, -0.1) is 0 Å². The van der Waals surface area contributed by atoms with Crippen LogP contribution in [0, 0.1) is 10.1 Å². The summed E-state index contributed by atoms with van der Waals surface area (Å²) in [5, 5.41) is 26.3. The van der Waals surface area contributed by atoms with Gasteiger partial charge in [0.15, 0.2) is 0 Å². The topological polar surface area (TPSA) is 122 Å². The van der Waals surface area contributed by atoms with E-state index in [2.05, 4.69) is 20.6 Å². The maximum atomic E-state index is 11.2. The Hall–Kier alpha value is -3.72. The summed E-state index contributed by atoms with van der Waals surface area (Å²) in [6.45, 7) is -0.0107. The third kappa shape index (κ3) is 4.77. The van der Waals surface area contributed by atoms with Crippen molar-refractivity contribution < 1.29 is 14.8 Å². The van der Waals surface area contributed by atoms with E-state index in [9.17, 15) is 10.1 Å². The number of aliphatic hydroxyl groups excluding tert-OH is 1. The quantitative estimate of drug-likeness (QED) is 0.388. The van der Waals surface area contributed by atoms with Gasteiger partial charge in [0.25, 0.3) is 0 Å². The average molecular weight is 393 g/mol. The molecular formula is C20H19N5O4. The lowest BCUT2D eigenvalue weighted by atomic mass is 10.2. The molecule has 0 radical (unpaired) electrons. The van der Waals surface area contributed by atoms with Gasteiger partial charge in [-0.2, -0.15) is 4.98 Å². The Bertz CT molecular complexity index is 1000. The number of benzene rings is 2. The van der Waals surface area contributed by atoms with Crippen molar-refractivity contribution in [2.75, 3.05) is 10.6 Å². The molecular weight excluding hydrogens is 374 g/mol. The summed E-state index contributed by atoms with van der Waals surface area (Å²) < 4.78 is 5.77. The molecule has 148 valence electrons. The third-order valence-corrected chi connectivity index (χ3v) is 4.34. The molecule has 4 rings (SSSR count). The highest BCUT2D eigenvalue weighted by molar-refractivity contribution is 5.61. The van der Waals surface area contributed by atoms with Gasteiger partial charge in [0.2, 0.25) is 11.8 Å². The van der Waals surface area contributed by atoms with Crippen LogP contribution in [0.25, 0.3) is 0 Å². The zero-order chi connectivity index (χ0) is 20.2. The molecule has 1 saturated carbocycles. The minimum Gasteiger partial charge on any atom is -0.457 e. The molecule has 2 aromatic carbocycles. The number of hydrogen-bond donors (Lipinski definition) is 3. The summed E-state index contributed by atoms with van der Waals surface area (Å²) in [4.78, 5) is 18.9. The van der Waals surface area contributed by atoms with Gasteiger partial charge in [0, 0.05) is 11.7 Å². The summed E-state index contributed by atoms with van der Waals surface area (Å²) in [6, 6.07) is 14.6. The molecule has 9 nitrogen and oxygen atoms in total. The Morgan fingerprint density at radius 1 is 1.10 bits per heavy atom. The molecule has 1 heterocycles. The van der Waals surface area contributed by atoms with Crippen LogP contribution in [0.1, 0.15) is 18.4 Å². The highest BCUT2D eigenvalue weighted by atomic mass is 16.6. The van der Waals surface area contributed by atoms with Crippen molar-refractivity contribution in [3.05, 3.63) is 70.4 Å². The smallest absolute Gasteiger partial charge is 0.329 e. The second kappa shape index (κ2) is 8.11. The van der Waals surface area contributed by atoms with E-state index in [1.165, 1.54) is 6.20 Å². The molecule has 29 heavy (non-hydrogen) atoms. The van der Waals surface area contributed by atoms with Crippen LogP contribution >= 0.6 is 0 Å². The standard InChI is InChI=1S/C20H19N5O4/c26-12-13-1-7-16(8-2-13)29-17-9-5-15(6-10-17)23-20-21-11-18(25(27)28)19(24-20)22-14-3-4-14/h1-2,5-11,14,26H,3-4,12H2,(H2,21,22,23,24). The van der Waals surface area contributed by atoms with Crippen molar-refractivity contribution in [2.45, 2.75) is 25.5 Å². The summed E-state index contributed by atoms with van der Waals surface area (Å²) in [7, 11) is 0. The Morgan fingerprint density at radius 3 is 2.34 bits per heavy atom. The lowest BCUT2D eigenvalue weighted by molar-refractivity contribution is -0.384. The molecule has 0 saturated heterocycles. The van der Waals surface area contributed by atoms with Crippen molar-refractivity contribution >= 4 is 23.1 Å². The Kier molecular flexibility index (Phi) is 5.21. The first-order chi connectivity index (χ1) is 14.1. The van der Waals surface area contributed by atoms with E-state index in [1.54, 1.807) is 48.5 Å². The number of nitrogens with one attached hydrogen (secondary N) is 2. The zero-order valence-electron chi connectivity index (χ0n) is 15.4. The van der Waals surface area contributed by atoms with E-state index in [0.29, 0.717) is 11.5 Å². The van der Waals surface area contributed by atoms with Crippen LogP contribution in [0.15, 0.2) is 54.7 Å². The fourth-order valence-electron chi connectivity index (χ4n) is 2.63. The molecule has 0 spiro atoms. The molecule has 0 bridgehead atoms. The van der Waals surface area contributed by atoms with Gasteiger partial charge in [-0.3, -0.25) is 10.1 Å². The van der Waals surface area contributed by atoms with Crippen LogP contribution in [0.5, 0.6) is 11.5 Å². The Balaban J connectivity index is 1.44. The van der Waals surface area contributed by atoms with E-state index >= 15 is 0 Å². The molecule has 0 aliphatic heterocycles. The SMILES string of the molecule is O=[N+]([O-])c1cnc(Nc2ccc(Oc3ccc(CO)cc3)cc2)nc1NC1CC1. The highest BCUT2D eigenvalue weighted by Gasteiger charge is 2.26. The fourth-order valence-corrected chi connectivity index (χ4v) is 2.63. The summed E-state index contributed by atoms with van der Waals surface area (Å²) in [5.74, 6) is 1.80. The number of nitrogens with zero attached hydrogens (tertiary/aromatic N) is 3. The van der Waals surface area contributed by atoms with Gasteiger partial charge >= 0.3 is 5.69 Å². The predicted molar refractivity (Wildman–Crippen MR) is 107 cm³/mol. The van der Waals surface area contributed by atoms with E-state index in [4.69, 9.17) is 9.84 Å². The Morgan fingerprint density at radius 2 is 1.76 bits per heavy atom. The lowest BCUT2D eigenvalue weighted by Gasteiger charge is -2.10. The molecule has 1 fully saturated rings. The van der Waals surface area contributed by atoms with Crippen molar-refractivity contribution in [1.82, 2.24) is 9.97 Å². The van der Waals surface area contributed by atoms with Gasteiger partial charge in [0.1, 0.15) is 17.7 Å². The predicted octanol–water partition coefficient (Wildman–Crippen LogP) is 3.99. The first kappa shape index (κ1) is 18.6.